The number of rotatable bonds is 6. The second kappa shape index (κ2) is 8.18. The van der Waals surface area contributed by atoms with Crippen LogP contribution in [-0.2, 0) is 9.59 Å². The molecule has 0 aromatic heterocycles. The molecule has 2 saturated heterocycles. The van der Waals surface area contributed by atoms with Crippen LogP contribution in [0.15, 0.2) is 0 Å². The molecule has 1 atom stereocenters. The lowest BCUT2D eigenvalue weighted by Crippen LogP contribution is -2.35. The van der Waals surface area contributed by atoms with Crippen molar-refractivity contribution in [1.82, 2.24) is 9.80 Å². The van der Waals surface area contributed by atoms with Crippen LogP contribution in [-0.4, -0.2) is 59.3 Å². The Kier molecular flexibility index (Phi) is 6.55. The van der Waals surface area contributed by atoms with Crippen molar-refractivity contribution in [3.63, 3.8) is 0 Å². The average molecular weight is 312 g/mol. The number of hydrogen-bond donors (Lipinski definition) is 0. The van der Waals surface area contributed by atoms with Gasteiger partial charge in [0, 0.05) is 32.2 Å². The molecule has 0 saturated carbocycles. The molecule has 4 nitrogen and oxygen atoms in total. The summed E-state index contributed by atoms with van der Waals surface area (Å²) in [4.78, 5) is 27.6. The van der Waals surface area contributed by atoms with Crippen molar-refractivity contribution >= 4 is 22.8 Å². The summed E-state index contributed by atoms with van der Waals surface area (Å²) in [7, 11) is 0. The molecule has 0 aromatic rings. The molecule has 0 spiro atoms. The molecule has 2 fully saturated rings. The fourth-order valence-electron chi connectivity index (χ4n) is 3.35. The third-order valence-corrected chi connectivity index (χ3v) is 5.82. The van der Waals surface area contributed by atoms with E-state index in [0.717, 1.165) is 37.7 Å². The lowest BCUT2D eigenvalue weighted by Gasteiger charge is -2.31. The zero-order chi connectivity index (χ0) is 15.2. The number of piperidine rings is 1. The van der Waals surface area contributed by atoms with Crippen LogP contribution in [0.3, 0.4) is 0 Å². The molecule has 2 aliphatic heterocycles. The summed E-state index contributed by atoms with van der Waals surface area (Å²) in [5.41, 5.74) is 0. The Morgan fingerprint density at radius 1 is 1.29 bits per heavy atom. The summed E-state index contributed by atoms with van der Waals surface area (Å²) in [5, 5.41) is 0.156. The smallest absolute Gasteiger partial charge is 0.222 e. The van der Waals surface area contributed by atoms with E-state index in [2.05, 4.69) is 11.8 Å². The van der Waals surface area contributed by atoms with Crippen LogP contribution in [0.1, 0.15) is 39.5 Å². The van der Waals surface area contributed by atoms with Gasteiger partial charge in [0.25, 0.3) is 0 Å². The van der Waals surface area contributed by atoms with E-state index in [9.17, 15) is 9.59 Å². The van der Waals surface area contributed by atoms with E-state index >= 15 is 0 Å². The van der Waals surface area contributed by atoms with Gasteiger partial charge in [0.05, 0.1) is 0 Å². The molecule has 2 rings (SSSR count). The Labute approximate surface area is 132 Å². The predicted molar refractivity (Wildman–Crippen MR) is 87.3 cm³/mol. The lowest BCUT2D eigenvalue weighted by molar-refractivity contribution is -0.127. The molecule has 1 amide bonds. The van der Waals surface area contributed by atoms with E-state index in [1.165, 1.54) is 37.7 Å². The van der Waals surface area contributed by atoms with E-state index < -0.39 is 0 Å². The zero-order valence-electron chi connectivity index (χ0n) is 13.3. The molecule has 5 heteroatoms. The second-order valence-corrected chi connectivity index (χ2v) is 7.58. The van der Waals surface area contributed by atoms with Gasteiger partial charge >= 0.3 is 0 Å². The Bertz CT molecular complexity index is 367. The topological polar surface area (TPSA) is 40.6 Å². The second-order valence-electron chi connectivity index (χ2n) is 6.38. The van der Waals surface area contributed by atoms with Crippen LogP contribution in [0.5, 0.6) is 0 Å². The first-order valence-corrected chi connectivity index (χ1v) is 9.20. The van der Waals surface area contributed by atoms with Crippen molar-refractivity contribution in [3.8, 4) is 0 Å². The van der Waals surface area contributed by atoms with Gasteiger partial charge in [0.15, 0.2) is 5.12 Å². The van der Waals surface area contributed by atoms with Crippen LogP contribution < -0.4 is 0 Å². The minimum atomic E-state index is 0.156. The van der Waals surface area contributed by atoms with Crippen LogP contribution >= 0.6 is 11.8 Å². The van der Waals surface area contributed by atoms with Gasteiger partial charge in [-0.25, -0.2) is 0 Å². The highest BCUT2D eigenvalue weighted by molar-refractivity contribution is 8.13. The summed E-state index contributed by atoms with van der Waals surface area (Å²) >= 11 is 1.36. The molecule has 0 N–H and O–H groups in total. The lowest BCUT2D eigenvalue weighted by atomic mass is 9.93. The Hall–Kier alpha value is -0.550. The van der Waals surface area contributed by atoms with Crippen molar-refractivity contribution in [2.24, 2.45) is 11.8 Å². The molecule has 21 heavy (non-hydrogen) atoms. The number of carbonyl (C=O) groups excluding carboxylic acids is 2. The Balaban J connectivity index is 1.67. The largest absolute Gasteiger partial charge is 0.342 e. The van der Waals surface area contributed by atoms with E-state index in [-0.39, 0.29) is 11.0 Å². The first kappa shape index (κ1) is 16.8. The van der Waals surface area contributed by atoms with Crippen molar-refractivity contribution in [2.75, 3.05) is 38.5 Å². The van der Waals surface area contributed by atoms with E-state index in [4.69, 9.17) is 0 Å². The van der Waals surface area contributed by atoms with Crippen molar-refractivity contribution < 1.29 is 9.59 Å². The summed E-state index contributed by atoms with van der Waals surface area (Å²) < 4.78 is 0. The first-order chi connectivity index (χ1) is 10.1. The molecule has 0 aliphatic carbocycles. The van der Waals surface area contributed by atoms with Gasteiger partial charge in [-0.2, -0.15) is 0 Å². The summed E-state index contributed by atoms with van der Waals surface area (Å²) in [6.07, 6.45) is 4.34. The van der Waals surface area contributed by atoms with Crippen LogP contribution in [0, 0.1) is 11.8 Å². The van der Waals surface area contributed by atoms with E-state index in [1.807, 2.05) is 4.90 Å². The maximum absolute atomic E-state index is 12.0. The number of thioether (sulfide) groups is 1. The molecular formula is C16H28N2O2S. The van der Waals surface area contributed by atoms with Gasteiger partial charge in [-0.15, -0.1) is 0 Å². The number of carbonyl (C=O) groups is 2. The van der Waals surface area contributed by atoms with Crippen LogP contribution in [0.2, 0.25) is 0 Å². The number of hydrogen-bond acceptors (Lipinski definition) is 4. The van der Waals surface area contributed by atoms with Crippen molar-refractivity contribution in [1.29, 1.82) is 0 Å². The molecule has 2 aliphatic rings. The molecular weight excluding hydrogens is 284 g/mol. The van der Waals surface area contributed by atoms with Gasteiger partial charge in [-0.3, -0.25) is 9.59 Å². The molecule has 1 unspecified atom stereocenters. The zero-order valence-corrected chi connectivity index (χ0v) is 14.2. The maximum atomic E-state index is 12.0. The highest BCUT2D eigenvalue weighted by Crippen LogP contribution is 2.25. The van der Waals surface area contributed by atoms with Gasteiger partial charge in [-0.1, -0.05) is 18.7 Å². The molecule has 120 valence electrons. The third-order valence-electron chi connectivity index (χ3n) is 4.78. The number of nitrogens with zero attached hydrogens (tertiary/aromatic N) is 2. The number of amides is 1. The average Bonchev–Trinajstić information content (AvgIpc) is 2.84. The van der Waals surface area contributed by atoms with Crippen molar-refractivity contribution in [2.45, 2.75) is 39.5 Å². The molecule has 0 aromatic carbocycles. The monoisotopic (exact) mass is 312 g/mol. The fraction of sp³-hybridized carbons (Fsp3) is 0.875. The van der Waals surface area contributed by atoms with E-state index in [0.29, 0.717) is 12.3 Å². The quantitative estimate of drug-likeness (QED) is 0.754. The summed E-state index contributed by atoms with van der Waals surface area (Å²) in [5.74, 6) is 2.24. The highest BCUT2D eigenvalue weighted by Gasteiger charge is 2.30. The summed E-state index contributed by atoms with van der Waals surface area (Å²) in [6, 6.07) is 0. The minimum absolute atomic E-state index is 0.156. The SMILES string of the molecule is CCN1CCC(CCN2CC(CSC(C)=O)CC2=O)CC1. The van der Waals surface area contributed by atoms with Gasteiger partial charge in [0.1, 0.15) is 0 Å². The third kappa shape index (κ3) is 5.29. The van der Waals surface area contributed by atoms with Gasteiger partial charge in [0.2, 0.25) is 5.91 Å². The fourth-order valence-corrected chi connectivity index (χ4v) is 4.04. The standard InChI is InChI=1S/C16H28N2O2S/c1-3-17-7-4-14(5-8-17)6-9-18-11-15(10-16(18)20)12-21-13(2)19/h14-15H,3-12H2,1-2H3. The Morgan fingerprint density at radius 3 is 2.62 bits per heavy atom. The maximum Gasteiger partial charge on any atom is 0.222 e. The minimum Gasteiger partial charge on any atom is -0.342 e. The normalized spacial score (nSPS) is 24.8. The number of likely N-dealkylation sites (tertiary alicyclic amines) is 2. The predicted octanol–water partition coefficient (Wildman–Crippen LogP) is 2.24. The molecule has 0 radical (unpaired) electrons. The van der Waals surface area contributed by atoms with Crippen LogP contribution in [0.4, 0.5) is 0 Å². The molecule has 0 bridgehead atoms. The Morgan fingerprint density at radius 2 is 2.00 bits per heavy atom. The van der Waals surface area contributed by atoms with E-state index in [1.54, 1.807) is 6.92 Å². The molecule has 2 heterocycles. The summed E-state index contributed by atoms with van der Waals surface area (Å²) in [6.45, 7) is 9.18. The van der Waals surface area contributed by atoms with Crippen molar-refractivity contribution in [3.05, 3.63) is 0 Å². The van der Waals surface area contributed by atoms with Gasteiger partial charge in [-0.05, 0) is 50.7 Å². The van der Waals surface area contributed by atoms with Crippen LogP contribution in [0.25, 0.3) is 0 Å². The van der Waals surface area contributed by atoms with Gasteiger partial charge < -0.3 is 9.80 Å². The first-order valence-electron chi connectivity index (χ1n) is 8.22. The highest BCUT2D eigenvalue weighted by atomic mass is 32.2.